The van der Waals surface area contributed by atoms with E-state index in [0.717, 1.165) is 36.3 Å². The van der Waals surface area contributed by atoms with Crippen LogP contribution in [0.25, 0.3) is 11.0 Å². The van der Waals surface area contributed by atoms with Crippen molar-refractivity contribution in [1.82, 2.24) is 20.2 Å². The van der Waals surface area contributed by atoms with Gasteiger partial charge < -0.3 is 20.9 Å². The summed E-state index contributed by atoms with van der Waals surface area (Å²) in [4.78, 5) is 21.6. The Morgan fingerprint density at radius 1 is 1.39 bits per heavy atom. The third-order valence-electron chi connectivity index (χ3n) is 5.19. The van der Waals surface area contributed by atoms with E-state index in [-0.39, 0.29) is 11.7 Å². The standard InChI is InChI=1S/C20H21N7O/c1-3-13-4-5-16(23-10-13)27-9-7-15(12(2)11-27)24-17-14-6-8-22-20(14)26-25-18(17)19(21)28/h1,4-6,8,10,12,15H,7,9,11H2,2H3,(H2,21,28)(H2,22,24,26)/t12-,15+/m1/s1. The first-order chi connectivity index (χ1) is 13.6. The Morgan fingerprint density at radius 2 is 2.25 bits per heavy atom. The van der Waals surface area contributed by atoms with Crippen molar-refractivity contribution in [3.63, 3.8) is 0 Å². The summed E-state index contributed by atoms with van der Waals surface area (Å²) in [6.45, 7) is 3.85. The topological polar surface area (TPSA) is 113 Å². The molecule has 3 aromatic rings. The van der Waals surface area contributed by atoms with Crippen LogP contribution < -0.4 is 16.0 Å². The molecule has 3 aromatic heterocycles. The zero-order valence-corrected chi connectivity index (χ0v) is 15.5. The number of carbonyl (C=O) groups excluding carboxylic acids is 1. The Hall–Kier alpha value is -3.60. The number of hydrogen-bond acceptors (Lipinski definition) is 6. The molecule has 1 aliphatic heterocycles. The highest BCUT2D eigenvalue weighted by Crippen LogP contribution is 2.29. The van der Waals surface area contributed by atoms with Gasteiger partial charge >= 0.3 is 0 Å². The van der Waals surface area contributed by atoms with Gasteiger partial charge in [-0.2, -0.15) is 0 Å². The van der Waals surface area contributed by atoms with Crippen molar-refractivity contribution in [3.8, 4) is 12.3 Å². The number of nitrogens with zero attached hydrogens (tertiary/aromatic N) is 4. The summed E-state index contributed by atoms with van der Waals surface area (Å²) in [7, 11) is 0. The molecule has 0 saturated carbocycles. The number of piperidine rings is 1. The Kier molecular flexibility index (Phi) is 4.57. The molecule has 1 fully saturated rings. The number of carbonyl (C=O) groups is 1. The van der Waals surface area contributed by atoms with Gasteiger partial charge in [0.15, 0.2) is 11.3 Å². The van der Waals surface area contributed by atoms with Crippen LogP contribution in [0.3, 0.4) is 0 Å². The molecule has 8 heteroatoms. The number of terminal acetylenes is 1. The minimum absolute atomic E-state index is 0.160. The Bertz CT molecular complexity index is 1050. The summed E-state index contributed by atoms with van der Waals surface area (Å²) in [5, 5.41) is 12.3. The second-order valence-electron chi connectivity index (χ2n) is 7.04. The molecule has 4 N–H and O–H groups in total. The van der Waals surface area contributed by atoms with Crippen LogP contribution in [0.4, 0.5) is 11.5 Å². The summed E-state index contributed by atoms with van der Waals surface area (Å²) in [6.07, 6.45) is 9.77. The third-order valence-corrected chi connectivity index (χ3v) is 5.19. The second kappa shape index (κ2) is 7.19. The van der Waals surface area contributed by atoms with Crippen molar-refractivity contribution in [3.05, 3.63) is 41.9 Å². The number of anilines is 2. The van der Waals surface area contributed by atoms with Gasteiger partial charge in [-0.3, -0.25) is 4.79 Å². The van der Waals surface area contributed by atoms with E-state index >= 15 is 0 Å². The van der Waals surface area contributed by atoms with Gasteiger partial charge in [-0.25, -0.2) is 4.98 Å². The predicted molar refractivity (Wildman–Crippen MR) is 108 cm³/mol. The zero-order valence-electron chi connectivity index (χ0n) is 15.5. The summed E-state index contributed by atoms with van der Waals surface area (Å²) >= 11 is 0. The first-order valence-electron chi connectivity index (χ1n) is 9.14. The fraction of sp³-hybridized carbons (Fsp3) is 0.300. The number of amides is 1. The molecule has 0 unspecified atom stereocenters. The predicted octanol–water partition coefficient (Wildman–Crippen LogP) is 1.76. The summed E-state index contributed by atoms with van der Waals surface area (Å²) in [5.74, 6) is 3.22. The molecule has 0 bridgehead atoms. The maximum atomic E-state index is 11.8. The summed E-state index contributed by atoms with van der Waals surface area (Å²) in [6, 6.07) is 5.90. The number of pyridine rings is 1. The van der Waals surface area contributed by atoms with Gasteiger partial charge in [0.2, 0.25) is 0 Å². The lowest BCUT2D eigenvalue weighted by atomic mass is 9.93. The van der Waals surface area contributed by atoms with Gasteiger partial charge in [0, 0.05) is 42.5 Å². The molecule has 0 aromatic carbocycles. The maximum absolute atomic E-state index is 11.8. The first kappa shape index (κ1) is 17.8. The molecule has 0 radical (unpaired) electrons. The van der Waals surface area contributed by atoms with Crippen molar-refractivity contribution < 1.29 is 4.79 Å². The largest absolute Gasteiger partial charge is 0.379 e. The van der Waals surface area contributed by atoms with Crippen LogP contribution in [0.2, 0.25) is 0 Å². The SMILES string of the molecule is C#Cc1ccc(N2CC[C@H](Nc3c(C(N)=O)nnc4[nH]ccc34)[C@H](C)C2)nc1. The number of hydrogen-bond donors (Lipinski definition) is 3. The lowest BCUT2D eigenvalue weighted by Gasteiger charge is -2.38. The average Bonchev–Trinajstić information content (AvgIpc) is 3.18. The molecule has 1 amide bonds. The number of nitrogens with one attached hydrogen (secondary N) is 2. The van der Waals surface area contributed by atoms with Crippen LogP contribution in [-0.4, -0.2) is 45.2 Å². The molecule has 1 aliphatic rings. The highest BCUT2D eigenvalue weighted by molar-refractivity contribution is 6.04. The van der Waals surface area contributed by atoms with Crippen LogP contribution in [-0.2, 0) is 0 Å². The van der Waals surface area contributed by atoms with E-state index in [1.807, 2.05) is 18.2 Å². The van der Waals surface area contributed by atoms with Crippen molar-refractivity contribution in [2.75, 3.05) is 23.3 Å². The third kappa shape index (κ3) is 3.22. The molecular weight excluding hydrogens is 354 g/mol. The Morgan fingerprint density at radius 3 is 2.93 bits per heavy atom. The van der Waals surface area contributed by atoms with Crippen molar-refractivity contribution >= 4 is 28.4 Å². The molecule has 1 saturated heterocycles. The number of rotatable bonds is 4. The number of nitrogens with two attached hydrogens (primary N) is 1. The van der Waals surface area contributed by atoms with Crippen LogP contribution >= 0.6 is 0 Å². The fourth-order valence-electron chi connectivity index (χ4n) is 3.65. The number of fused-ring (bicyclic) bond motifs is 1. The van der Waals surface area contributed by atoms with Crippen molar-refractivity contribution in [2.24, 2.45) is 11.7 Å². The number of aromatic nitrogens is 4. The number of H-pyrrole nitrogens is 1. The first-order valence-corrected chi connectivity index (χ1v) is 9.14. The van der Waals surface area contributed by atoms with Crippen LogP contribution in [0.5, 0.6) is 0 Å². The molecule has 0 spiro atoms. The molecular formula is C20H21N7O. The summed E-state index contributed by atoms with van der Waals surface area (Å²) < 4.78 is 0. The van der Waals surface area contributed by atoms with E-state index in [0.29, 0.717) is 17.3 Å². The van der Waals surface area contributed by atoms with E-state index in [1.54, 1.807) is 12.4 Å². The lowest BCUT2D eigenvalue weighted by molar-refractivity contribution is 0.0995. The Balaban J connectivity index is 1.54. The smallest absolute Gasteiger partial charge is 0.271 e. The zero-order chi connectivity index (χ0) is 19.7. The van der Waals surface area contributed by atoms with Crippen LogP contribution in [0, 0.1) is 18.3 Å². The highest BCUT2D eigenvalue weighted by Gasteiger charge is 2.28. The van der Waals surface area contributed by atoms with Gasteiger partial charge in [0.25, 0.3) is 5.91 Å². The van der Waals surface area contributed by atoms with Gasteiger partial charge in [-0.05, 0) is 30.5 Å². The minimum Gasteiger partial charge on any atom is -0.379 e. The molecule has 4 rings (SSSR count). The lowest BCUT2D eigenvalue weighted by Crippen LogP contribution is -2.45. The normalized spacial score (nSPS) is 19.4. The van der Waals surface area contributed by atoms with Crippen molar-refractivity contribution in [1.29, 1.82) is 0 Å². The number of aromatic amines is 1. The van der Waals surface area contributed by atoms with E-state index in [4.69, 9.17) is 12.2 Å². The molecule has 28 heavy (non-hydrogen) atoms. The van der Waals surface area contributed by atoms with Gasteiger partial charge in [-0.1, -0.05) is 12.8 Å². The van der Waals surface area contributed by atoms with E-state index < -0.39 is 5.91 Å². The molecule has 8 nitrogen and oxygen atoms in total. The quantitative estimate of drug-likeness (QED) is 0.599. The summed E-state index contributed by atoms with van der Waals surface area (Å²) in [5.41, 5.74) is 7.71. The van der Waals surface area contributed by atoms with Gasteiger partial charge in [0.1, 0.15) is 5.82 Å². The van der Waals surface area contributed by atoms with Gasteiger partial charge in [0.05, 0.1) is 5.69 Å². The molecule has 2 atom stereocenters. The maximum Gasteiger partial charge on any atom is 0.271 e. The molecule has 142 valence electrons. The fourth-order valence-corrected chi connectivity index (χ4v) is 3.65. The average molecular weight is 375 g/mol. The Labute approximate surface area is 162 Å². The highest BCUT2D eigenvalue weighted by atomic mass is 16.1. The molecule has 0 aliphatic carbocycles. The van der Waals surface area contributed by atoms with E-state index in [9.17, 15) is 4.79 Å². The monoisotopic (exact) mass is 375 g/mol. The van der Waals surface area contributed by atoms with Crippen LogP contribution in [0.1, 0.15) is 29.4 Å². The second-order valence-corrected chi connectivity index (χ2v) is 7.04. The number of primary amides is 1. The minimum atomic E-state index is -0.596. The van der Waals surface area contributed by atoms with E-state index in [1.165, 1.54) is 0 Å². The van der Waals surface area contributed by atoms with E-state index in [2.05, 4.69) is 43.2 Å². The van der Waals surface area contributed by atoms with Crippen LogP contribution in [0.15, 0.2) is 30.6 Å². The van der Waals surface area contributed by atoms with Crippen molar-refractivity contribution in [2.45, 2.75) is 19.4 Å². The molecule has 4 heterocycles. The van der Waals surface area contributed by atoms with Gasteiger partial charge in [-0.15, -0.1) is 16.6 Å².